The first-order valence-corrected chi connectivity index (χ1v) is 15.8. The number of rotatable bonds is 11. The summed E-state index contributed by atoms with van der Waals surface area (Å²) in [4.78, 5) is 29.2. The summed E-state index contributed by atoms with van der Waals surface area (Å²) < 4.78 is 29.3. The van der Waals surface area contributed by atoms with Gasteiger partial charge in [0.25, 0.3) is 10.0 Å². The van der Waals surface area contributed by atoms with Crippen molar-refractivity contribution in [1.29, 1.82) is 0 Å². The minimum absolute atomic E-state index is 0.0175. The molecular weight excluding hydrogens is 605 g/mol. The molecule has 224 valence electrons. The summed E-state index contributed by atoms with van der Waals surface area (Å²) in [5, 5.41) is 3.41. The van der Waals surface area contributed by atoms with Crippen molar-refractivity contribution in [1.82, 2.24) is 10.2 Å². The van der Waals surface area contributed by atoms with E-state index in [-0.39, 0.29) is 23.5 Å². The van der Waals surface area contributed by atoms with Gasteiger partial charge in [0, 0.05) is 30.1 Å². The number of likely N-dealkylation sites (N-methyl/N-ethyl adjacent to an activating group) is 1. The molecule has 2 amide bonds. The van der Waals surface area contributed by atoms with Crippen LogP contribution in [0.3, 0.4) is 0 Å². The average Bonchev–Trinajstić information content (AvgIpc) is 3.00. The van der Waals surface area contributed by atoms with Crippen LogP contribution in [0, 0.1) is 13.8 Å². The Morgan fingerprint density at radius 1 is 0.860 bits per heavy atom. The molecule has 0 unspecified atom stereocenters. The highest BCUT2D eigenvalue weighted by Crippen LogP contribution is 2.30. The maximum absolute atomic E-state index is 14.4. The third kappa shape index (κ3) is 7.76. The number of nitrogens with zero attached hydrogens (tertiary/aromatic N) is 2. The topological polar surface area (TPSA) is 86.8 Å². The van der Waals surface area contributed by atoms with Crippen molar-refractivity contribution in [2.24, 2.45) is 0 Å². The van der Waals surface area contributed by atoms with Crippen LogP contribution in [0.4, 0.5) is 5.69 Å². The Morgan fingerprint density at radius 3 is 2.16 bits per heavy atom. The number of benzene rings is 4. The molecule has 1 atom stereocenters. The Kier molecular flexibility index (Phi) is 10.5. The van der Waals surface area contributed by atoms with E-state index in [0.29, 0.717) is 21.2 Å². The fourth-order valence-electron chi connectivity index (χ4n) is 4.73. The standard InChI is InChI=1S/C33H33Cl2N3O4S/c1-23-13-17-28(18-14-23)43(41,42)38(30-20-27(34)16-15-24(30)2)22-32(39)37(21-26-11-7-8-12-29(26)35)31(33(40)36-3)19-25-9-5-4-6-10-25/h4-18,20,31H,19,21-22H2,1-3H3,(H,36,40)/t31-/m0/s1. The second-order valence-corrected chi connectivity index (χ2v) is 12.9. The van der Waals surface area contributed by atoms with Crippen LogP contribution in [-0.4, -0.2) is 44.8 Å². The third-order valence-electron chi connectivity index (χ3n) is 7.14. The van der Waals surface area contributed by atoms with Crippen LogP contribution in [0.1, 0.15) is 22.3 Å². The summed E-state index contributed by atoms with van der Waals surface area (Å²) in [7, 11) is -2.73. The van der Waals surface area contributed by atoms with Crippen LogP contribution in [0.5, 0.6) is 0 Å². The molecule has 0 aromatic heterocycles. The molecule has 0 radical (unpaired) electrons. The van der Waals surface area contributed by atoms with Crippen molar-refractivity contribution in [2.75, 3.05) is 17.9 Å². The summed E-state index contributed by atoms with van der Waals surface area (Å²) in [6, 6.07) is 26.7. The molecule has 0 fully saturated rings. The maximum atomic E-state index is 14.4. The predicted octanol–water partition coefficient (Wildman–Crippen LogP) is 6.19. The fraction of sp³-hybridized carbons (Fsp3) is 0.212. The van der Waals surface area contributed by atoms with E-state index in [1.807, 2.05) is 37.3 Å². The summed E-state index contributed by atoms with van der Waals surface area (Å²) in [6.45, 7) is 3.01. The van der Waals surface area contributed by atoms with Crippen molar-refractivity contribution in [3.63, 3.8) is 0 Å². The fourth-order valence-corrected chi connectivity index (χ4v) is 6.57. The van der Waals surface area contributed by atoms with Gasteiger partial charge in [-0.15, -0.1) is 0 Å². The number of sulfonamides is 1. The first-order chi connectivity index (χ1) is 20.5. The van der Waals surface area contributed by atoms with E-state index in [1.165, 1.54) is 30.1 Å². The first kappa shape index (κ1) is 32.1. The molecule has 10 heteroatoms. The number of anilines is 1. The first-order valence-electron chi connectivity index (χ1n) is 13.6. The van der Waals surface area contributed by atoms with Crippen LogP contribution >= 0.6 is 23.2 Å². The summed E-state index contributed by atoms with van der Waals surface area (Å²) in [5.41, 5.74) is 3.21. The van der Waals surface area contributed by atoms with Crippen LogP contribution in [0.2, 0.25) is 10.0 Å². The molecule has 0 aliphatic heterocycles. The van der Waals surface area contributed by atoms with Gasteiger partial charge in [0.1, 0.15) is 12.6 Å². The van der Waals surface area contributed by atoms with Gasteiger partial charge in [-0.3, -0.25) is 13.9 Å². The summed E-state index contributed by atoms with van der Waals surface area (Å²) in [6.07, 6.45) is 0.206. The average molecular weight is 639 g/mol. The Hall–Kier alpha value is -3.85. The number of nitrogens with one attached hydrogen (secondary N) is 1. The van der Waals surface area contributed by atoms with Gasteiger partial charge in [-0.05, 0) is 60.9 Å². The smallest absolute Gasteiger partial charge is 0.264 e. The lowest BCUT2D eigenvalue weighted by Gasteiger charge is -2.34. The molecule has 0 aliphatic carbocycles. The zero-order valence-corrected chi connectivity index (χ0v) is 26.5. The third-order valence-corrected chi connectivity index (χ3v) is 9.52. The molecule has 1 N–H and O–H groups in total. The van der Waals surface area contributed by atoms with E-state index in [2.05, 4.69) is 5.32 Å². The highest BCUT2D eigenvalue weighted by molar-refractivity contribution is 7.92. The van der Waals surface area contributed by atoms with E-state index in [4.69, 9.17) is 23.2 Å². The van der Waals surface area contributed by atoms with Crippen molar-refractivity contribution >= 4 is 50.7 Å². The van der Waals surface area contributed by atoms with E-state index >= 15 is 0 Å². The zero-order chi connectivity index (χ0) is 31.1. The minimum Gasteiger partial charge on any atom is -0.357 e. The molecule has 43 heavy (non-hydrogen) atoms. The molecule has 7 nitrogen and oxygen atoms in total. The Labute approximate surface area is 263 Å². The number of halogens is 2. The monoisotopic (exact) mass is 637 g/mol. The molecule has 0 heterocycles. The van der Waals surface area contributed by atoms with E-state index < -0.39 is 34.4 Å². The van der Waals surface area contributed by atoms with E-state index in [9.17, 15) is 18.0 Å². The number of aryl methyl sites for hydroxylation is 2. The van der Waals surface area contributed by atoms with Gasteiger partial charge in [-0.1, -0.05) is 95.5 Å². The summed E-state index contributed by atoms with van der Waals surface area (Å²) >= 11 is 12.8. The molecular formula is C33H33Cl2N3O4S. The van der Waals surface area contributed by atoms with E-state index in [0.717, 1.165) is 15.4 Å². The van der Waals surface area contributed by atoms with Gasteiger partial charge in [0.2, 0.25) is 11.8 Å². The Balaban J connectivity index is 1.83. The highest BCUT2D eigenvalue weighted by Gasteiger charge is 2.35. The predicted molar refractivity (Wildman–Crippen MR) is 172 cm³/mol. The molecule has 0 saturated heterocycles. The lowest BCUT2D eigenvalue weighted by molar-refractivity contribution is -0.139. The number of hydrogen-bond acceptors (Lipinski definition) is 4. The largest absolute Gasteiger partial charge is 0.357 e. The van der Waals surface area contributed by atoms with Gasteiger partial charge in [0.05, 0.1) is 10.6 Å². The minimum atomic E-state index is -4.23. The normalized spacial score (nSPS) is 11.9. The molecule has 4 aromatic carbocycles. The SMILES string of the molecule is CNC(=O)[C@H](Cc1ccccc1)N(Cc1ccccc1Cl)C(=O)CN(c1cc(Cl)ccc1C)S(=O)(=O)c1ccc(C)cc1. The molecule has 4 aromatic rings. The van der Waals surface area contributed by atoms with Gasteiger partial charge < -0.3 is 10.2 Å². The molecule has 0 spiro atoms. The summed E-state index contributed by atoms with van der Waals surface area (Å²) in [5.74, 6) is -0.976. The van der Waals surface area contributed by atoms with Crippen LogP contribution in [0.25, 0.3) is 0 Å². The Morgan fingerprint density at radius 2 is 1.51 bits per heavy atom. The maximum Gasteiger partial charge on any atom is 0.264 e. The number of carbonyl (C=O) groups excluding carboxylic acids is 2. The van der Waals surface area contributed by atoms with Crippen LogP contribution in [0.15, 0.2) is 102 Å². The van der Waals surface area contributed by atoms with Crippen molar-refractivity contribution < 1.29 is 18.0 Å². The quantitative estimate of drug-likeness (QED) is 0.212. The number of carbonyl (C=O) groups is 2. The van der Waals surface area contributed by atoms with Crippen LogP contribution < -0.4 is 9.62 Å². The number of hydrogen-bond donors (Lipinski definition) is 1. The number of amides is 2. The van der Waals surface area contributed by atoms with Gasteiger partial charge >= 0.3 is 0 Å². The second-order valence-electron chi connectivity index (χ2n) is 10.2. The van der Waals surface area contributed by atoms with Crippen LogP contribution in [-0.2, 0) is 32.6 Å². The lowest BCUT2D eigenvalue weighted by atomic mass is 10.0. The lowest BCUT2D eigenvalue weighted by Crippen LogP contribution is -2.53. The molecule has 0 aliphatic rings. The second kappa shape index (κ2) is 14.1. The molecule has 0 saturated carbocycles. The van der Waals surface area contributed by atoms with Gasteiger partial charge in [-0.2, -0.15) is 0 Å². The van der Waals surface area contributed by atoms with E-state index in [1.54, 1.807) is 55.5 Å². The van der Waals surface area contributed by atoms with Crippen molar-refractivity contribution in [3.8, 4) is 0 Å². The van der Waals surface area contributed by atoms with Gasteiger partial charge in [-0.25, -0.2) is 8.42 Å². The van der Waals surface area contributed by atoms with Crippen molar-refractivity contribution in [3.05, 3.63) is 129 Å². The van der Waals surface area contributed by atoms with Gasteiger partial charge in [0.15, 0.2) is 0 Å². The molecule has 4 rings (SSSR count). The van der Waals surface area contributed by atoms with Crippen molar-refractivity contribution in [2.45, 2.75) is 37.8 Å². The molecule has 0 bridgehead atoms. The highest BCUT2D eigenvalue weighted by atomic mass is 35.5. The Bertz CT molecular complexity index is 1700. The zero-order valence-electron chi connectivity index (χ0n) is 24.1.